The summed E-state index contributed by atoms with van der Waals surface area (Å²) in [7, 11) is 0. The molecule has 0 bridgehead atoms. The molecule has 0 aliphatic carbocycles. The van der Waals surface area contributed by atoms with Crippen LogP contribution in [0.25, 0.3) is 0 Å². The number of aliphatic carboxylic acids is 1. The maximum absolute atomic E-state index is 11.8. The monoisotopic (exact) mass is 278 g/mol. The zero-order valence-electron chi connectivity index (χ0n) is 11.0. The van der Waals surface area contributed by atoms with Crippen LogP contribution in [0.2, 0.25) is 0 Å². The summed E-state index contributed by atoms with van der Waals surface area (Å²) in [6.07, 6.45) is -0.514. The van der Waals surface area contributed by atoms with E-state index >= 15 is 0 Å². The summed E-state index contributed by atoms with van der Waals surface area (Å²) in [4.78, 5) is 24.3. The minimum absolute atomic E-state index is 0.0130. The van der Waals surface area contributed by atoms with E-state index in [1.165, 1.54) is 4.90 Å². The van der Waals surface area contributed by atoms with E-state index in [0.29, 0.717) is 6.54 Å². The predicted molar refractivity (Wildman–Crippen MR) is 71.9 cm³/mol. The molecule has 2 atom stereocenters. The highest BCUT2D eigenvalue weighted by molar-refractivity contribution is 5.80. The fourth-order valence-corrected chi connectivity index (χ4v) is 2.35. The molecule has 1 amide bonds. The number of carboxylic acid groups (broad SMARTS) is 1. The van der Waals surface area contributed by atoms with Crippen LogP contribution >= 0.6 is 0 Å². The lowest BCUT2D eigenvalue weighted by Crippen LogP contribution is -2.43. The molecule has 1 fully saturated rings. The van der Waals surface area contributed by atoms with Crippen molar-refractivity contribution in [2.75, 3.05) is 13.1 Å². The van der Waals surface area contributed by atoms with Crippen LogP contribution in [0, 0.1) is 0 Å². The number of nitrogens with one attached hydrogen (secondary N) is 1. The highest BCUT2D eigenvalue weighted by Crippen LogP contribution is 2.17. The van der Waals surface area contributed by atoms with Crippen molar-refractivity contribution in [1.29, 1.82) is 0 Å². The first-order valence-electron chi connectivity index (χ1n) is 6.52. The van der Waals surface area contributed by atoms with Crippen LogP contribution < -0.4 is 5.32 Å². The number of hydrogen-bond acceptors (Lipinski definition) is 4. The van der Waals surface area contributed by atoms with Gasteiger partial charge in [0.1, 0.15) is 6.04 Å². The highest BCUT2D eigenvalue weighted by atomic mass is 16.4. The van der Waals surface area contributed by atoms with E-state index in [1.54, 1.807) is 0 Å². The minimum Gasteiger partial charge on any atom is -0.480 e. The normalized spacial score (nSPS) is 22.6. The number of benzene rings is 1. The summed E-state index contributed by atoms with van der Waals surface area (Å²) in [6.45, 7) is 0.615. The van der Waals surface area contributed by atoms with Gasteiger partial charge in [-0.3, -0.25) is 14.5 Å². The van der Waals surface area contributed by atoms with Gasteiger partial charge in [0.15, 0.2) is 0 Å². The Morgan fingerprint density at radius 2 is 2.00 bits per heavy atom. The molecule has 0 aromatic heterocycles. The molecule has 0 saturated carbocycles. The Morgan fingerprint density at radius 1 is 1.30 bits per heavy atom. The van der Waals surface area contributed by atoms with Crippen molar-refractivity contribution in [3.05, 3.63) is 35.9 Å². The number of carboxylic acids is 1. The summed E-state index contributed by atoms with van der Waals surface area (Å²) < 4.78 is 0. The smallest absolute Gasteiger partial charge is 0.321 e. The first-order valence-corrected chi connectivity index (χ1v) is 6.52. The van der Waals surface area contributed by atoms with Crippen LogP contribution in [0.3, 0.4) is 0 Å². The molecule has 1 saturated heterocycles. The maximum atomic E-state index is 11.8. The average Bonchev–Trinajstić information content (AvgIpc) is 2.79. The van der Waals surface area contributed by atoms with Gasteiger partial charge < -0.3 is 15.5 Å². The summed E-state index contributed by atoms with van der Waals surface area (Å²) in [5.74, 6) is -1.24. The van der Waals surface area contributed by atoms with Gasteiger partial charge in [0.2, 0.25) is 5.91 Å². The summed E-state index contributed by atoms with van der Waals surface area (Å²) in [5, 5.41) is 21.3. The van der Waals surface area contributed by atoms with E-state index in [1.807, 2.05) is 30.3 Å². The zero-order valence-corrected chi connectivity index (χ0v) is 11.0. The number of aliphatic hydroxyl groups excluding tert-OH is 1. The number of likely N-dealkylation sites (tertiary alicyclic amines) is 1. The minimum atomic E-state index is -1.00. The molecular weight excluding hydrogens is 260 g/mol. The third-order valence-electron chi connectivity index (χ3n) is 3.35. The van der Waals surface area contributed by atoms with Crippen LogP contribution in [0.4, 0.5) is 0 Å². The number of carbonyl (C=O) groups excluding carboxylic acids is 1. The number of rotatable bonds is 5. The molecular formula is C14H18N2O4. The molecule has 108 valence electrons. The van der Waals surface area contributed by atoms with Crippen LogP contribution in [0.15, 0.2) is 30.3 Å². The van der Waals surface area contributed by atoms with Gasteiger partial charge in [0.05, 0.1) is 12.6 Å². The van der Waals surface area contributed by atoms with Crippen molar-refractivity contribution >= 4 is 11.9 Å². The SMILES string of the molecule is O=C(CN1CC(O)CC1C(=O)O)NCc1ccccc1. The van der Waals surface area contributed by atoms with E-state index in [9.17, 15) is 14.7 Å². The lowest BCUT2D eigenvalue weighted by Gasteiger charge is -2.19. The van der Waals surface area contributed by atoms with Crippen LogP contribution in [-0.2, 0) is 16.1 Å². The molecule has 1 aromatic rings. The number of amides is 1. The van der Waals surface area contributed by atoms with Gasteiger partial charge in [0, 0.05) is 19.5 Å². The van der Waals surface area contributed by atoms with Crippen molar-refractivity contribution in [2.45, 2.75) is 25.1 Å². The molecule has 1 heterocycles. The zero-order chi connectivity index (χ0) is 14.5. The van der Waals surface area contributed by atoms with E-state index in [4.69, 9.17) is 5.11 Å². The Labute approximate surface area is 117 Å². The Morgan fingerprint density at radius 3 is 2.65 bits per heavy atom. The molecule has 1 aliphatic rings. The van der Waals surface area contributed by atoms with Gasteiger partial charge in [-0.1, -0.05) is 30.3 Å². The predicted octanol–water partition coefficient (Wildman–Crippen LogP) is -0.177. The van der Waals surface area contributed by atoms with Gasteiger partial charge in [-0.2, -0.15) is 0 Å². The fraction of sp³-hybridized carbons (Fsp3) is 0.429. The Kier molecular flexibility index (Phi) is 4.70. The van der Waals surface area contributed by atoms with Gasteiger partial charge in [-0.15, -0.1) is 0 Å². The Hall–Kier alpha value is -1.92. The second-order valence-electron chi connectivity index (χ2n) is 4.94. The van der Waals surface area contributed by atoms with Crippen LogP contribution in [0.5, 0.6) is 0 Å². The molecule has 0 radical (unpaired) electrons. The Bertz CT molecular complexity index is 477. The number of hydrogen-bond donors (Lipinski definition) is 3. The molecule has 3 N–H and O–H groups in total. The van der Waals surface area contributed by atoms with Crippen molar-refractivity contribution in [3.63, 3.8) is 0 Å². The van der Waals surface area contributed by atoms with Crippen molar-refractivity contribution in [2.24, 2.45) is 0 Å². The lowest BCUT2D eigenvalue weighted by molar-refractivity contribution is -0.142. The Balaban J connectivity index is 1.83. The number of aliphatic hydroxyl groups is 1. The molecule has 6 nitrogen and oxygen atoms in total. The number of carbonyl (C=O) groups is 2. The van der Waals surface area contributed by atoms with E-state index in [2.05, 4.69) is 5.32 Å². The van der Waals surface area contributed by atoms with E-state index < -0.39 is 18.1 Å². The molecule has 2 unspecified atom stereocenters. The second kappa shape index (κ2) is 6.49. The molecule has 6 heteroatoms. The first kappa shape index (κ1) is 14.5. The fourth-order valence-electron chi connectivity index (χ4n) is 2.35. The standard InChI is InChI=1S/C14H18N2O4/c17-11-6-12(14(19)20)16(8-11)9-13(18)15-7-10-4-2-1-3-5-10/h1-5,11-12,17H,6-9H2,(H,15,18)(H,19,20). The number of β-amino-alcohol motifs (C(OH)–C–C–N with tert-alkyl or cyclic N) is 1. The molecule has 0 spiro atoms. The third-order valence-corrected chi connectivity index (χ3v) is 3.35. The second-order valence-corrected chi connectivity index (χ2v) is 4.94. The van der Waals surface area contributed by atoms with Crippen molar-refractivity contribution in [3.8, 4) is 0 Å². The van der Waals surface area contributed by atoms with Gasteiger partial charge in [-0.05, 0) is 5.56 Å². The topological polar surface area (TPSA) is 89.9 Å². The van der Waals surface area contributed by atoms with Gasteiger partial charge in [-0.25, -0.2) is 0 Å². The maximum Gasteiger partial charge on any atom is 0.321 e. The van der Waals surface area contributed by atoms with Gasteiger partial charge in [0.25, 0.3) is 0 Å². The van der Waals surface area contributed by atoms with Crippen LogP contribution in [-0.4, -0.2) is 52.2 Å². The summed E-state index contributed by atoms with van der Waals surface area (Å²) >= 11 is 0. The molecule has 2 rings (SSSR count). The van der Waals surface area contributed by atoms with Crippen molar-refractivity contribution < 1.29 is 19.8 Å². The molecule has 1 aromatic carbocycles. The van der Waals surface area contributed by atoms with Crippen LogP contribution in [0.1, 0.15) is 12.0 Å². The van der Waals surface area contributed by atoms with Gasteiger partial charge >= 0.3 is 5.97 Å². The van der Waals surface area contributed by atoms with Crippen molar-refractivity contribution in [1.82, 2.24) is 10.2 Å². The number of nitrogens with zero attached hydrogens (tertiary/aromatic N) is 1. The lowest BCUT2D eigenvalue weighted by atomic mass is 10.2. The largest absolute Gasteiger partial charge is 0.480 e. The highest BCUT2D eigenvalue weighted by Gasteiger charge is 2.36. The van der Waals surface area contributed by atoms with E-state index in [0.717, 1.165) is 5.56 Å². The average molecular weight is 278 g/mol. The summed E-state index contributed by atoms with van der Waals surface area (Å²) in [5.41, 5.74) is 0.983. The quantitative estimate of drug-likeness (QED) is 0.695. The molecule has 20 heavy (non-hydrogen) atoms. The van der Waals surface area contributed by atoms with E-state index in [-0.39, 0.29) is 25.4 Å². The molecule has 1 aliphatic heterocycles. The first-order chi connectivity index (χ1) is 9.56. The third kappa shape index (κ3) is 3.79. The summed E-state index contributed by atoms with van der Waals surface area (Å²) in [6, 6.07) is 8.69.